The third kappa shape index (κ3) is 3.73. The van der Waals surface area contributed by atoms with E-state index in [9.17, 15) is 4.79 Å². The van der Waals surface area contributed by atoms with E-state index >= 15 is 0 Å². The maximum Gasteiger partial charge on any atom is 0.220 e. The fourth-order valence-electron chi connectivity index (χ4n) is 4.29. The molecule has 3 atom stereocenters. The Hall–Kier alpha value is -0.610. The number of hydrogen-bond acceptors (Lipinski definition) is 3. The van der Waals surface area contributed by atoms with Crippen LogP contribution in [-0.2, 0) is 9.53 Å². The van der Waals surface area contributed by atoms with Gasteiger partial charge in [-0.05, 0) is 50.0 Å². The van der Waals surface area contributed by atoms with E-state index in [1.54, 1.807) is 0 Å². The number of nitrogens with zero attached hydrogens (tertiary/aromatic N) is 1. The van der Waals surface area contributed by atoms with E-state index in [1.807, 2.05) is 0 Å². The molecule has 2 saturated carbocycles. The molecular weight excluding hydrogens is 252 g/mol. The maximum absolute atomic E-state index is 12.0. The first-order chi connectivity index (χ1) is 9.81. The van der Waals surface area contributed by atoms with Gasteiger partial charge in [-0.1, -0.05) is 6.42 Å². The molecule has 0 aromatic rings. The Morgan fingerprint density at radius 1 is 1.20 bits per heavy atom. The van der Waals surface area contributed by atoms with Gasteiger partial charge in [-0.15, -0.1) is 0 Å². The number of fused-ring (bicyclic) bond motifs is 2. The third-order valence-corrected chi connectivity index (χ3v) is 5.41. The van der Waals surface area contributed by atoms with E-state index < -0.39 is 0 Å². The Balaban J connectivity index is 1.26. The molecule has 1 aliphatic heterocycles. The van der Waals surface area contributed by atoms with Crippen LogP contribution in [0.25, 0.3) is 0 Å². The van der Waals surface area contributed by atoms with Crippen LogP contribution in [0.1, 0.15) is 38.5 Å². The van der Waals surface area contributed by atoms with Crippen LogP contribution in [0.4, 0.5) is 0 Å². The largest absolute Gasteiger partial charge is 0.379 e. The molecular formula is C16H28N2O2. The van der Waals surface area contributed by atoms with Crippen molar-refractivity contribution in [2.45, 2.75) is 38.5 Å². The number of carbonyl (C=O) groups is 1. The maximum atomic E-state index is 12.0. The van der Waals surface area contributed by atoms with Crippen molar-refractivity contribution in [3.05, 3.63) is 0 Å². The number of ether oxygens (including phenoxy) is 1. The summed E-state index contributed by atoms with van der Waals surface area (Å²) in [5.41, 5.74) is 0. The van der Waals surface area contributed by atoms with E-state index in [-0.39, 0.29) is 5.91 Å². The minimum absolute atomic E-state index is 0.282. The summed E-state index contributed by atoms with van der Waals surface area (Å²) in [5.74, 6) is 2.77. The van der Waals surface area contributed by atoms with Crippen molar-refractivity contribution in [1.82, 2.24) is 10.2 Å². The van der Waals surface area contributed by atoms with Crippen molar-refractivity contribution in [3.63, 3.8) is 0 Å². The topological polar surface area (TPSA) is 41.6 Å². The highest BCUT2D eigenvalue weighted by Crippen LogP contribution is 2.49. The second-order valence-electron chi connectivity index (χ2n) is 6.80. The first-order valence-electron chi connectivity index (χ1n) is 8.38. The van der Waals surface area contributed by atoms with Gasteiger partial charge in [0.05, 0.1) is 13.2 Å². The minimum Gasteiger partial charge on any atom is -0.379 e. The monoisotopic (exact) mass is 280 g/mol. The fourth-order valence-corrected chi connectivity index (χ4v) is 4.29. The lowest BCUT2D eigenvalue weighted by atomic mass is 9.86. The standard InChI is InChI=1S/C16H28N2O2/c19-16(12-15-11-13-2-3-14(15)10-13)17-4-1-5-18-6-8-20-9-7-18/h13-15H,1-12H2,(H,17,19). The molecule has 0 spiro atoms. The van der Waals surface area contributed by atoms with Crippen LogP contribution >= 0.6 is 0 Å². The Morgan fingerprint density at radius 3 is 2.75 bits per heavy atom. The summed E-state index contributed by atoms with van der Waals surface area (Å²) in [6.45, 7) is 5.71. The summed E-state index contributed by atoms with van der Waals surface area (Å²) in [7, 11) is 0. The van der Waals surface area contributed by atoms with Crippen LogP contribution in [0.5, 0.6) is 0 Å². The van der Waals surface area contributed by atoms with Crippen molar-refractivity contribution >= 4 is 5.91 Å². The Kier molecular flexibility index (Phi) is 4.94. The number of nitrogens with one attached hydrogen (secondary N) is 1. The average molecular weight is 280 g/mol. The second kappa shape index (κ2) is 6.90. The molecule has 3 aliphatic rings. The number of amides is 1. The number of carbonyl (C=O) groups excluding carboxylic acids is 1. The minimum atomic E-state index is 0.282. The van der Waals surface area contributed by atoms with Crippen molar-refractivity contribution < 1.29 is 9.53 Å². The van der Waals surface area contributed by atoms with Gasteiger partial charge in [0.1, 0.15) is 0 Å². The molecule has 1 heterocycles. The molecule has 0 radical (unpaired) electrons. The lowest BCUT2D eigenvalue weighted by Crippen LogP contribution is -2.38. The van der Waals surface area contributed by atoms with Crippen LogP contribution in [0, 0.1) is 17.8 Å². The lowest BCUT2D eigenvalue weighted by molar-refractivity contribution is -0.122. The van der Waals surface area contributed by atoms with Gasteiger partial charge in [-0.2, -0.15) is 0 Å². The number of hydrogen-bond donors (Lipinski definition) is 1. The van der Waals surface area contributed by atoms with Crippen LogP contribution in [0.15, 0.2) is 0 Å². The van der Waals surface area contributed by atoms with E-state index in [4.69, 9.17) is 4.74 Å². The summed E-state index contributed by atoms with van der Waals surface area (Å²) in [4.78, 5) is 14.4. The molecule has 0 aromatic carbocycles. The number of morpholine rings is 1. The van der Waals surface area contributed by atoms with Gasteiger partial charge in [0.2, 0.25) is 5.91 Å². The van der Waals surface area contributed by atoms with Crippen LogP contribution in [-0.4, -0.2) is 50.2 Å². The number of rotatable bonds is 6. The van der Waals surface area contributed by atoms with E-state index in [1.165, 1.54) is 25.7 Å². The van der Waals surface area contributed by atoms with Crippen molar-refractivity contribution in [2.24, 2.45) is 17.8 Å². The lowest BCUT2D eigenvalue weighted by Gasteiger charge is -2.26. The van der Waals surface area contributed by atoms with Crippen LogP contribution in [0.3, 0.4) is 0 Å². The second-order valence-corrected chi connectivity index (χ2v) is 6.80. The van der Waals surface area contributed by atoms with E-state index in [0.29, 0.717) is 5.92 Å². The normalized spacial score (nSPS) is 33.5. The molecule has 4 heteroatoms. The van der Waals surface area contributed by atoms with Gasteiger partial charge in [-0.3, -0.25) is 9.69 Å². The molecule has 2 aliphatic carbocycles. The molecule has 4 nitrogen and oxygen atoms in total. The van der Waals surface area contributed by atoms with Crippen molar-refractivity contribution in [2.75, 3.05) is 39.4 Å². The SMILES string of the molecule is O=C(CC1CC2CCC1C2)NCCCN1CCOCC1. The molecule has 1 saturated heterocycles. The highest BCUT2D eigenvalue weighted by atomic mass is 16.5. The zero-order chi connectivity index (χ0) is 13.8. The summed E-state index contributed by atoms with van der Waals surface area (Å²) in [6, 6.07) is 0. The highest BCUT2D eigenvalue weighted by molar-refractivity contribution is 5.76. The fraction of sp³-hybridized carbons (Fsp3) is 0.938. The Bertz CT molecular complexity index is 328. The van der Waals surface area contributed by atoms with Gasteiger partial charge in [0, 0.05) is 26.1 Å². The average Bonchev–Trinajstić information content (AvgIpc) is 3.07. The quantitative estimate of drug-likeness (QED) is 0.752. The first kappa shape index (κ1) is 14.3. The van der Waals surface area contributed by atoms with Crippen LogP contribution < -0.4 is 5.32 Å². The molecule has 1 N–H and O–H groups in total. The van der Waals surface area contributed by atoms with Gasteiger partial charge in [-0.25, -0.2) is 0 Å². The predicted molar refractivity (Wildman–Crippen MR) is 78.4 cm³/mol. The van der Waals surface area contributed by atoms with Crippen molar-refractivity contribution in [1.29, 1.82) is 0 Å². The van der Waals surface area contributed by atoms with E-state index in [0.717, 1.165) is 64.1 Å². The van der Waals surface area contributed by atoms with E-state index in [2.05, 4.69) is 10.2 Å². The zero-order valence-corrected chi connectivity index (χ0v) is 12.5. The molecule has 20 heavy (non-hydrogen) atoms. The Morgan fingerprint density at radius 2 is 2.05 bits per heavy atom. The molecule has 114 valence electrons. The molecule has 3 unspecified atom stereocenters. The highest BCUT2D eigenvalue weighted by Gasteiger charge is 2.39. The van der Waals surface area contributed by atoms with Gasteiger partial charge in [0.25, 0.3) is 0 Å². The first-order valence-corrected chi connectivity index (χ1v) is 8.38. The van der Waals surface area contributed by atoms with Gasteiger partial charge in [0.15, 0.2) is 0 Å². The molecule has 1 amide bonds. The van der Waals surface area contributed by atoms with Gasteiger partial charge < -0.3 is 10.1 Å². The molecule has 2 bridgehead atoms. The van der Waals surface area contributed by atoms with Crippen LogP contribution in [0.2, 0.25) is 0 Å². The molecule has 3 fully saturated rings. The molecule has 0 aromatic heterocycles. The third-order valence-electron chi connectivity index (χ3n) is 5.41. The zero-order valence-electron chi connectivity index (χ0n) is 12.5. The smallest absolute Gasteiger partial charge is 0.220 e. The Labute approximate surface area is 122 Å². The summed E-state index contributed by atoms with van der Waals surface area (Å²) < 4.78 is 5.33. The molecule has 3 rings (SSSR count). The van der Waals surface area contributed by atoms with Gasteiger partial charge >= 0.3 is 0 Å². The summed E-state index contributed by atoms with van der Waals surface area (Å²) in [6.07, 6.45) is 7.34. The predicted octanol–water partition coefficient (Wildman–Crippen LogP) is 1.65. The summed E-state index contributed by atoms with van der Waals surface area (Å²) in [5, 5.41) is 3.11. The summed E-state index contributed by atoms with van der Waals surface area (Å²) >= 11 is 0. The van der Waals surface area contributed by atoms with Crippen molar-refractivity contribution in [3.8, 4) is 0 Å².